The topological polar surface area (TPSA) is 9.23 Å². The highest BCUT2D eigenvalue weighted by molar-refractivity contribution is 4.48. The molecule has 0 amide bonds. The normalized spacial score (nSPS) is 12.5. The van der Waals surface area contributed by atoms with E-state index in [1.807, 2.05) is 0 Å². The third kappa shape index (κ3) is 9.61. The minimum Gasteiger partial charge on any atom is -0.323 e. The van der Waals surface area contributed by atoms with Crippen molar-refractivity contribution in [1.82, 2.24) is 0 Å². The maximum absolute atomic E-state index is 11.3. The van der Waals surface area contributed by atoms with Crippen LogP contribution in [0.4, 0.5) is 22.0 Å². The van der Waals surface area contributed by atoms with E-state index in [2.05, 4.69) is 4.74 Å². The Morgan fingerprint density at radius 1 is 1.18 bits per heavy atom. The maximum atomic E-state index is 11.3. The van der Waals surface area contributed by atoms with E-state index in [4.69, 9.17) is 0 Å². The minimum absolute atomic E-state index is 0.423. The molecule has 0 N–H and O–H groups in total. The first kappa shape index (κ1) is 10.6. The van der Waals surface area contributed by atoms with Gasteiger partial charge in [-0.25, -0.2) is 0 Å². The first-order chi connectivity index (χ1) is 4.92. The van der Waals surface area contributed by atoms with Crippen molar-refractivity contribution < 1.29 is 26.7 Å². The monoisotopic (exact) mass is 178 g/mol. The van der Waals surface area contributed by atoms with Crippen molar-refractivity contribution in [2.24, 2.45) is 0 Å². The molecular formula is C5H7F5O. The molecule has 11 heavy (non-hydrogen) atoms. The predicted octanol–water partition coefficient (Wildman–Crippen LogP) is 2.57. The number of hydrogen-bond donors (Lipinski definition) is 0. The molecule has 0 fully saturated rings. The van der Waals surface area contributed by atoms with Crippen molar-refractivity contribution in [2.75, 3.05) is 6.61 Å². The van der Waals surface area contributed by atoms with Crippen LogP contribution in [0.2, 0.25) is 0 Å². The van der Waals surface area contributed by atoms with Gasteiger partial charge in [-0.1, -0.05) is 0 Å². The van der Waals surface area contributed by atoms with Gasteiger partial charge in [-0.05, 0) is 6.42 Å². The molecule has 0 aromatic heterocycles. The van der Waals surface area contributed by atoms with Gasteiger partial charge in [-0.15, -0.1) is 0 Å². The van der Waals surface area contributed by atoms with E-state index in [1.54, 1.807) is 0 Å². The molecule has 0 spiro atoms. The zero-order chi connectivity index (χ0) is 8.91. The lowest BCUT2D eigenvalue weighted by molar-refractivity contribution is -0.155. The molecule has 1 nitrogen and oxygen atoms in total. The molecule has 0 saturated heterocycles. The fourth-order valence-electron chi connectivity index (χ4n) is 0.445. The van der Waals surface area contributed by atoms with Gasteiger partial charge in [0, 0.05) is 6.42 Å². The highest BCUT2D eigenvalue weighted by atomic mass is 19.4. The van der Waals surface area contributed by atoms with Gasteiger partial charge < -0.3 is 4.74 Å². The van der Waals surface area contributed by atoms with Crippen LogP contribution in [0.3, 0.4) is 0 Å². The van der Waals surface area contributed by atoms with Gasteiger partial charge in [0.1, 0.15) is 0 Å². The summed E-state index contributed by atoms with van der Waals surface area (Å²) >= 11 is 0. The first-order valence-corrected chi connectivity index (χ1v) is 2.88. The summed E-state index contributed by atoms with van der Waals surface area (Å²) in [5.41, 5.74) is 0. The van der Waals surface area contributed by atoms with Crippen molar-refractivity contribution in [1.29, 1.82) is 0 Å². The van der Waals surface area contributed by atoms with Crippen LogP contribution in [-0.2, 0) is 4.74 Å². The van der Waals surface area contributed by atoms with Crippen molar-refractivity contribution in [3.8, 4) is 0 Å². The second-order valence-electron chi connectivity index (χ2n) is 1.85. The van der Waals surface area contributed by atoms with Crippen LogP contribution in [0.15, 0.2) is 0 Å². The highest BCUT2D eigenvalue weighted by Crippen LogP contribution is 2.21. The SMILES string of the molecule is FC(F)OCCCC(F)(F)F. The number of ether oxygens (including phenoxy) is 1. The van der Waals surface area contributed by atoms with Crippen LogP contribution >= 0.6 is 0 Å². The number of halogens is 5. The largest absolute Gasteiger partial charge is 0.389 e. The number of hydrogen-bond acceptors (Lipinski definition) is 1. The van der Waals surface area contributed by atoms with Gasteiger partial charge in [-0.3, -0.25) is 0 Å². The van der Waals surface area contributed by atoms with E-state index in [0.29, 0.717) is 0 Å². The average molecular weight is 178 g/mol. The maximum Gasteiger partial charge on any atom is 0.389 e. The molecule has 0 aliphatic rings. The van der Waals surface area contributed by atoms with Gasteiger partial charge in [0.15, 0.2) is 0 Å². The molecule has 0 atom stereocenters. The van der Waals surface area contributed by atoms with Crippen LogP contribution in [-0.4, -0.2) is 19.4 Å². The Kier molecular flexibility index (Phi) is 4.32. The lowest BCUT2D eigenvalue weighted by Crippen LogP contribution is -2.09. The average Bonchev–Trinajstić information content (AvgIpc) is 1.78. The van der Waals surface area contributed by atoms with Gasteiger partial charge in [-0.2, -0.15) is 22.0 Å². The molecule has 0 heterocycles. The minimum atomic E-state index is -4.29. The van der Waals surface area contributed by atoms with Gasteiger partial charge in [0.2, 0.25) is 0 Å². The molecule has 0 aromatic rings. The van der Waals surface area contributed by atoms with Gasteiger partial charge in [0.05, 0.1) is 6.61 Å². The Balaban J connectivity index is 3.15. The quantitative estimate of drug-likeness (QED) is 0.474. The smallest absolute Gasteiger partial charge is 0.323 e. The molecule has 0 aliphatic heterocycles. The van der Waals surface area contributed by atoms with Crippen LogP contribution < -0.4 is 0 Å². The third-order valence-electron chi connectivity index (χ3n) is 0.848. The fourth-order valence-corrected chi connectivity index (χ4v) is 0.445. The van der Waals surface area contributed by atoms with Crippen molar-refractivity contribution >= 4 is 0 Å². The zero-order valence-corrected chi connectivity index (χ0v) is 5.50. The Bertz CT molecular complexity index is 99.5. The lowest BCUT2D eigenvalue weighted by Gasteiger charge is -2.05. The molecule has 0 aromatic carbocycles. The second-order valence-corrected chi connectivity index (χ2v) is 1.85. The predicted molar refractivity (Wildman–Crippen MR) is 27.2 cm³/mol. The van der Waals surface area contributed by atoms with Gasteiger partial charge in [0.25, 0.3) is 0 Å². The van der Waals surface area contributed by atoms with E-state index in [9.17, 15) is 22.0 Å². The fraction of sp³-hybridized carbons (Fsp3) is 1.00. The molecule has 6 heteroatoms. The zero-order valence-electron chi connectivity index (χ0n) is 5.50. The van der Waals surface area contributed by atoms with Crippen molar-refractivity contribution in [3.63, 3.8) is 0 Å². The Labute approximate surface area is 60.1 Å². The summed E-state index contributed by atoms with van der Waals surface area (Å²) in [6, 6.07) is 0. The van der Waals surface area contributed by atoms with Crippen LogP contribution in [0, 0.1) is 0 Å². The molecule has 68 valence electrons. The second kappa shape index (κ2) is 4.48. The summed E-state index contributed by atoms with van der Waals surface area (Å²) < 4.78 is 59.9. The van der Waals surface area contributed by atoms with Gasteiger partial charge >= 0.3 is 12.8 Å². The van der Waals surface area contributed by atoms with E-state index < -0.39 is 32.2 Å². The molecular weight excluding hydrogens is 171 g/mol. The third-order valence-corrected chi connectivity index (χ3v) is 0.848. The summed E-state index contributed by atoms with van der Waals surface area (Å²) in [7, 11) is 0. The Hall–Kier alpha value is -0.390. The van der Waals surface area contributed by atoms with Crippen molar-refractivity contribution in [2.45, 2.75) is 25.6 Å². The molecule has 0 bridgehead atoms. The summed E-state index contributed by atoms with van der Waals surface area (Å²) in [5, 5.41) is 0. The lowest BCUT2D eigenvalue weighted by atomic mass is 10.3. The van der Waals surface area contributed by atoms with Crippen LogP contribution in [0.25, 0.3) is 0 Å². The van der Waals surface area contributed by atoms with E-state index in [0.717, 1.165) is 0 Å². The van der Waals surface area contributed by atoms with E-state index in [-0.39, 0.29) is 0 Å². The van der Waals surface area contributed by atoms with Crippen molar-refractivity contribution in [3.05, 3.63) is 0 Å². The summed E-state index contributed by atoms with van der Waals surface area (Å²) in [5.74, 6) is 0. The summed E-state index contributed by atoms with van der Waals surface area (Å²) in [6.45, 7) is -3.54. The molecule has 0 saturated carbocycles. The summed E-state index contributed by atoms with van der Waals surface area (Å²) in [6.07, 6.45) is -5.79. The first-order valence-electron chi connectivity index (χ1n) is 2.88. The standard InChI is InChI=1S/C5H7F5O/c6-4(7)11-3-1-2-5(8,9)10/h4H,1-3H2. The molecule has 0 unspecified atom stereocenters. The Morgan fingerprint density at radius 3 is 2.09 bits per heavy atom. The highest BCUT2D eigenvalue weighted by Gasteiger charge is 2.26. The van der Waals surface area contributed by atoms with E-state index >= 15 is 0 Å². The molecule has 0 radical (unpaired) electrons. The number of alkyl halides is 5. The molecule has 0 aliphatic carbocycles. The van der Waals surface area contributed by atoms with E-state index in [1.165, 1.54) is 0 Å². The molecule has 0 rings (SSSR count). The summed E-state index contributed by atoms with van der Waals surface area (Å²) in [4.78, 5) is 0. The van der Waals surface area contributed by atoms with Crippen LogP contribution in [0.5, 0.6) is 0 Å². The Morgan fingerprint density at radius 2 is 1.73 bits per heavy atom. The number of rotatable bonds is 4. The van der Waals surface area contributed by atoms with Crippen LogP contribution in [0.1, 0.15) is 12.8 Å².